The van der Waals surface area contributed by atoms with Crippen LogP contribution in [0.25, 0.3) is 0 Å². The van der Waals surface area contributed by atoms with Crippen LogP contribution in [0.4, 0.5) is 0 Å². The number of piperidine rings is 1. The van der Waals surface area contributed by atoms with Gasteiger partial charge in [-0.25, -0.2) is 0 Å². The first-order valence-corrected chi connectivity index (χ1v) is 10.3. The minimum absolute atomic E-state index is 0.265. The third-order valence-electron chi connectivity index (χ3n) is 5.96. The van der Waals surface area contributed by atoms with E-state index in [0.29, 0.717) is 18.7 Å². The standard InChI is InChI=1S/C22H35N3O2/c1-3-16-27-22-7-5-4-6-19(22)17-24-13-14-25(21(18-24)10-15-26)20-8-11-23(2)12-9-20/h3-7,20-21,26H,1,8-18H2,2H3/t21-/m1/s1. The molecule has 0 bridgehead atoms. The highest BCUT2D eigenvalue weighted by molar-refractivity contribution is 5.33. The average Bonchev–Trinajstić information content (AvgIpc) is 2.69. The highest BCUT2D eigenvalue weighted by Crippen LogP contribution is 2.26. The number of nitrogens with zero attached hydrogens (tertiary/aromatic N) is 3. The van der Waals surface area contributed by atoms with Gasteiger partial charge >= 0.3 is 0 Å². The molecule has 1 atom stereocenters. The van der Waals surface area contributed by atoms with Gasteiger partial charge in [0.05, 0.1) is 0 Å². The first kappa shape index (κ1) is 20.3. The SMILES string of the molecule is C=CCOc1ccccc1CN1CCN(C2CCN(C)CC2)[C@H](CCO)C1. The Morgan fingerprint density at radius 3 is 2.70 bits per heavy atom. The van der Waals surface area contributed by atoms with Gasteiger partial charge in [-0.15, -0.1) is 0 Å². The molecule has 2 saturated heterocycles. The van der Waals surface area contributed by atoms with Crippen LogP contribution in [0.3, 0.4) is 0 Å². The van der Waals surface area contributed by atoms with Crippen molar-refractivity contribution in [3.63, 3.8) is 0 Å². The van der Waals surface area contributed by atoms with Crippen molar-refractivity contribution in [3.05, 3.63) is 42.5 Å². The molecule has 2 aliphatic heterocycles. The van der Waals surface area contributed by atoms with Crippen molar-refractivity contribution in [2.45, 2.75) is 37.9 Å². The van der Waals surface area contributed by atoms with Gasteiger partial charge in [-0.2, -0.15) is 0 Å². The summed E-state index contributed by atoms with van der Waals surface area (Å²) in [4.78, 5) is 7.62. The second kappa shape index (κ2) is 10.2. The van der Waals surface area contributed by atoms with Gasteiger partial charge in [0.2, 0.25) is 0 Å². The van der Waals surface area contributed by atoms with Crippen LogP contribution in [-0.4, -0.2) is 84.9 Å². The summed E-state index contributed by atoms with van der Waals surface area (Å²) in [5.74, 6) is 0.953. The third-order valence-corrected chi connectivity index (χ3v) is 5.96. The molecule has 0 spiro atoms. The first-order chi connectivity index (χ1) is 13.2. The van der Waals surface area contributed by atoms with E-state index in [0.717, 1.165) is 38.3 Å². The summed E-state index contributed by atoms with van der Waals surface area (Å²) >= 11 is 0. The van der Waals surface area contributed by atoms with Crippen LogP contribution in [0, 0.1) is 0 Å². The lowest BCUT2D eigenvalue weighted by Crippen LogP contribution is -2.58. The molecule has 0 aliphatic carbocycles. The molecule has 5 heteroatoms. The Bertz CT molecular complexity index is 587. The number of aliphatic hydroxyl groups excluding tert-OH is 1. The van der Waals surface area contributed by atoms with Gasteiger partial charge in [0.15, 0.2) is 0 Å². The molecule has 1 aromatic rings. The molecule has 0 aromatic heterocycles. The summed E-state index contributed by atoms with van der Waals surface area (Å²) in [5, 5.41) is 9.61. The van der Waals surface area contributed by atoms with E-state index >= 15 is 0 Å². The Morgan fingerprint density at radius 1 is 1.19 bits per heavy atom. The molecule has 5 nitrogen and oxygen atoms in total. The van der Waals surface area contributed by atoms with E-state index in [1.807, 2.05) is 12.1 Å². The van der Waals surface area contributed by atoms with E-state index in [1.165, 1.54) is 31.5 Å². The summed E-state index contributed by atoms with van der Waals surface area (Å²) in [6.45, 7) is 11.0. The molecule has 2 fully saturated rings. The molecule has 27 heavy (non-hydrogen) atoms. The van der Waals surface area contributed by atoms with E-state index in [-0.39, 0.29) is 6.61 Å². The number of hydrogen-bond acceptors (Lipinski definition) is 5. The molecular weight excluding hydrogens is 338 g/mol. The maximum atomic E-state index is 9.61. The fourth-order valence-electron chi connectivity index (χ4n) is 4.46. The molecule has 0 amide bonds. The van der Waals surface area contributed by atoms with Crippen LogP contribution < -0.4 is 4.74 Å². The zero-order valence-electron chi connectivity index (χ0n) is 16.7. The topological polar surface area (TPSA) is 39.2 Å². The zero-order chi connectivity index (χ0) is 19.1. The maximum absolute atomic E-state index is 9.61. The van der Waals surface area contributed by atoms with Crippen LogP contribution in [0.5, 0.6) is 5.75 Å². The predicted molar refractivity (Wildman–Crippen MR) is 110 cm³/mol. The highest BCUT2D eigenvalue weighted by Gasteiger charge is 2.33. The van der Waals surface area contributed by atoms with E-state index < -0.39 is 0 Å². The van der Waals surface area contributed by atoms with E-state index in [1.54, 1.807) is 6.08 Å². The molecule has 0 radical (unpaired) electrons. The Labute approximate surface area is 164 Å². The van der Waals surface area contributed by atoms with E-state index in [2.05, 4.69) is 40.5 Å². The van der Waals surface area contributed by atoms with Crippen molar-refractivity contribution in [2.24, 2.45) is 0 Å². The van der Waals surface area contributed by atoms with Gasteiger partial charge in [-0.1, -0.05) is 30.9 Å². The molecule has 1 aromatic carbocycles. The number of aliphatic hydroxyl groups is 1. The number of rotatable bonds is 8. The largest absolute Gasteiger partial charge is 0.489 e. The predicted octanol–water partition coefficient (Wildman–Crippen LogP) is 2.21. The van der Waals surface area contributed by atoms with Crippen molar-refractivity contribution >= 4 is 0 Å². The van der Waals surface area contributed by atoms with Crippen LogP contribution >= 0.6 is 0 Å². The van der Waals surface area contributed by atoms with Gasteiger partial charge in [0.1, 0.15) is 12.4 Å². The van der Waals surface area contributed by atoms with Gasteiger partial charge in [0, 0.05) is 50.4 Å². The number of hydrogen-bond donors (Lipinski definition) is 1. The van der Waals surface area contributed by atoms with E-state index in [4.69, 9.17) is 4.74 Å². The summed E-state index contributed by atoms with van der Waals surface area (Å²) in [6, 6.07) is 9.41. The maximum Gasteiger partial charge on any atom is 0.124 e. The lowest BCUT2D eigenvalue weighted by Gasteiger charge is -2.47. The molecule has 2 aliphatic rings. The summed E-state index contributed by atoms with van der Waals surface area (Å²) in [5.41, 5.74) is 1.23. The fourth-order valence-corrected chi connectivity index (χ4v) is 4.46. The number of benzene rings is 1. The van der Waals surface area contributed by atoms with Crippen LogP contribution in [0.15, 0.2) is 36.9 Å². The summed E-state index contributed by atoms with van der Waals surface area (Å²) < 4.78 is 5.83. The number of para-hydroxylation sites is 1. The number of piperazine rings is 1. The molecule has 3 rings (SSSR count). The normalized spacial score (nSPS) is 23.4. The quantitative estimate of drug-likeness (QED) is 0.708. The molecule has 2 heterocycles. The molecular formula is C22H35N3O2. The second-order valence-electron chi connectivity index (χ2n) is 7.88. The fraction of sp³-hybridized carbons (Fsp3) is 0.636. The van der Waals surface area contributed by atoms with Gasteiger partial charge in [-0.05, 0) is 45.5 Å². The zero-order valence-corrected chi connectivity index (χ0v) is 16.7. The van der Waals surface area contributed by atoms with Crippen molar-refractivity contribution in [1.82, 2.24) is 14.7 Å². The monoisotopic (exact) mass is 373 g/mol. The van der Waals surface area contributed by atoms with Gasteiger partial charge < -0.3 is 14.7 Å². The lowest BCUT2D eigenvalue weighted by molar-refractivity contribution is 0.00579. The van der Waals surface area contributed by atoms with Crippen molar-refractivity contribution < 1.29 is 9.84 Å². The Morgan fingerprint density at radius 2 is 1.96 bits per heavy atom. The second-order valence-corrected chi connectivity index (χ2v) is 7.88. The summed E-state index contributed by atoms with van der Waals surface area (Å²) in [7, 11) is 2.21. The minimum Gasteiger partial charge on any atom is -0.489 e. The highest BCUT2D eigenvalue weighted by atomic mass is 16.5. The van der Waals surface area contributed by atoms with Gasteiger partial charge in [-0.3, -0.25) is 9.80 Å². The summed E-state index contributed by atoms with van der Waals surface area (Å²) in [6.07, 6.45) is 5.14. The van der Waals surface area contributed by atoms with Crippen LogP contribution in [0.1, 0.15) is 24.8 Å². The van der Waals surface area contributed by atoms with Crippen molar-refractivity contribution in [2.75, 3.05) is 53.0 Å². The molecule has 0 unspecified atom stereocenters. The lowest BCUT2D eigenvalue weighted by atomic mass is 9.98. The Kier molecular flexibility index (Phi) is 7.70. The smallest absolute Gasteiger partial charge is 0.124 e. The van der Waals surface area contributed by atoms with Gasteiger partial charge in [0.25, 0.3) is 0 Å². The molecule has 150 valence electrons. The molecule has 0 saturated carbocycles. The van der Waals surface area contributed by atoms with Crippen LogP contribution in [-0.2, 0) is 6.54 Å². The first-order valence-electron chi connectivity index (χ1n) is 10.3. The molecule has 1 N–H and O–H groups in total. The number of likely N-dealkylation sites (tertiary alicyclic amines) is 1. The Hall–Kier alpha value is -1.40. The van der Waals surface area contributed by atoms with Crippen molar-refractivity contribution in [1.29, 1.82) is 0 Å². The number of ether oxygens (including phenoxy) is 1. The van der Waals surface area contributed by atoms with E-state index in [9.17, 15) is 5.11 Å². The minimum atomic E-state index is 0.265. The third kappa shape index (κ3) is 5.55. The van der Waals surface area contributed by atoms with Crippen molar-refractivity contribution in [3.8, 4) is 5.75 Å². The Balaban J connectivity index is 1.62. The van der Waals surface area contributed by atoms with Crippen LogP contribution in [0.2, 0.25) is 0 Å². The average molecular weight is 374 g/mol.